The van der Waals surface area contributed by atoms with Crippen LogP contribution in [0.1, 0.15) is 11.1 Å². The Balaban J connectivity index is 1.88. The third-order valence-electron chi connectivity index (χ3n) is 3.34. The molecule has 0 amide bonds. The van der Waals surface area contributed by atoms with Crippen molar-refractivity contribution in [2.24, 2.45) is 21.5 Å². The summed E-state index contributed by atoms with van der Waals surface area (Å²) in [4.78, 5) is 12.8. The van der Waals surface area contributed by atoms with Gasteiger partial charge in [-0.2, -0.15) is 9.98 Å². The lowest BCUT2D eigenvalue weighted by molar-refractivity contribution is 0.415. The smallest absolute Gasteiger partial charge is 0.224 e. The molecule has 0 saturated heterocycles. The van der Waals surface area contributed by atoms with Gasteiger partial charge in [-0.05, 0) is 31.2 Å². The number of aryl methyl sites for hydroxylation is 1. The normalized spacial score (nSPS) is 12.6. The number of ether oxygens (including phenoxy) is 1. The van der Waals surface area contributed by atoms with E-state index in [-0.39, 0.29) is 5.96 Å². The van der Waals surface area contributed by atoms with E-state index in [2.05, 4.69) is 15.0 Å². The lowest BCUT2D eigenvalue weighted by Gasteiger charge is -2.01. The first kappa shape index (κ1) is 15.9. The van der Waals surface area contributed by atoms with Crippen LogP contribution in [0.15, 0.2) is 52.4 Å². The minimum absolute atomic E-state index is 0.0695. The Bertz CT molecular complexity index is 945. The molecule has 4 N–H and O–H groups in total. The van der Waals surface area contributed by atoms with Gasteiger partial charge >= 0.3 is 0 Å². The Hall–Kier alpha value is -2.93. The molecule has 1 heterocycles. The summed E-state index contributed by atoms with van der Waals surface area (Å²) in [6.07, 6.45) is 0. The molecule has 0 radical (unpaired) electrons. The maximum Gasteiger partial charge on any atom is 0.224 e. The molecule has 1 aromatic heterocycles. The molecule has 0 unspecified atom stereocenters. The summed E-state index contributed by atoms with van der Waals surface area (Å²) >= 11 is 1.41. The first-order chi connectivity index (χ1) is 11.5. The third kappa shape index (κ3) is 3.52. The molecule has 0 aliphatic rings. The third-order valence-corrected chi connectivity index (χ3v) is 4.26. The number of methoxy groups -OCH3 is 1. The standard InChI is InChI=1S/C17H17N5OS/c1-10-4-3-5-11(8-10)15(18)21-16(19)22-17-20-13-7-6-12(23-2)9-14(13)24-17/h3-9H,1-2H3,(H4,18,19,20,21,22). The van der Waals surface area contributed by atoms with E-state index >= 15 is 0 Å². The molecule has 7 heteroatoms. The Morgan fingerprint density at radius 3 is 2.75 bits per heavy atom. The molecule has 0 atom stereocenters. The van der Waals surface area contributed by atoms with E-state index in [1.165, 1.54) is 11.3 Å². The first-order valence-corrected chi connectivity index (χ1v) is 8.07. The monoisotopic (exact) mass is 339 g/mol. The highest BCUT2D eigenvalue weighted by atomic mass is 32.1. The fraction of sp³-hybridized carbons (Fsp3) is 0.118. The second kappa shape index (κ2) is 6.67. The van der Waals surface area contributed by atoms with Crippen LogP contribution in [-0.2, 0) is 0 Å². The number of guanidine groups is 1. The average molecular weight is 339 g/mol. The van der Waals surface area contributed by atoms with Crippen molar-refractivity contribution < 1.29 is 4.74 Å². The van der Waals surface area contributed by atoms with E-state index in [1.54, 1.807) is 7.11 Å². The van der Waals surface area contributed by atoms with Gasteiger partial charge < -0.3 is 16.2 Å². The number of fused-ring (bicyclic) bond motifs is 1. The largest absolute Gasteiger partial charge is 0.497 e. The summed E-state index contributed by atoms with van der Waals surface area (Å²) in [7, 11) is 1.63. The highest BCUT2D eigenvalue weighted by molar-refractivity contribution is 7.22. The van der Waals surface area contributed by atoms with Crippen LogP contribution < -0.4 is 16.2 Å². The minimum Gasteiger partial charge on any atom is -0.497 e. The number of benzene rings is 2. The van der Waals surface area contributed by atoms with Crippen molar-refractivity contribution in [3.05, 3.63) is 53.6 Å². The summed E-state index contributed by atoms with van der Waals surface area (Å²) < 4.78 is 6.17. The molecule has 0 fully saturated rings. The number of nitrogens with two attached hydrogens (primary N) is 2. The summed E-state index contributed by atoms with van der Waals surface area (Å²) in [6, 6.07) is 13.4. The van der Waals surface area contributed by atoms with Gasteiger partial charge in [0, 0.05) is 5.56 Å². The van der Waals surface area contributed by atoms with Gasteiger partial charge in [0.1, 0.15) is 11.6 Å². The van der Waals surface area contributed by atoms with Gasteiger partial charge in [-0.25, -0.2) is 4.98 Å². The van der Waals surface area contributed by atoms with Crippen molar-refractivity contribution in [1.82, 2.24) is 4.98 Å². The molecule has 0 bridgehead atoms. The van der Waals surface area contributed by atoms with Crippen LogP contribution >= 0.6 is 11.3 Å². The molecule has 2 aromatic carbocycles. The minimum atomic E-state index is 0.0695. The summed E-state index contributed by atoms with van der Waals surface area (Å²) in [5, 5.41) is 0.525. The lowest BCUT2D eigenvalue weighted by atomic mass is 10.1. The number of aromatic nitrogens is 1. The molecule has 0 aliphatic carbocycles. The molecule has 122 valence electrons. The highest BCUT2D eigenvalue weighted by Crippen LogP contribution is 2.30. The van der Waals surface area contributed by atoms with Gasteiger partial charge in [0.2, 0.25) is 11.1 Å². The quantitative estimate of drug-likeness (QED) is 0.566. The van der Waals surface area contributed by atoms with Crippen LogP contribution in [0.4, 0.5) is 5.13 Å². The fourth-order valence-electron chi connectivity index (χ4n) is 2.18. The van der Waals surface area contributed by atoms with Crippen LogP contribution in [-0.4, -0.2) is 23.9 Å². The van der Waals surface area contributed by atoms with Crippen molar-refractivity contribution in [2.75, 3.05) is 7.11 Å². The summed E-state index contributed by atoms with van der Waals surface area (Å²) in [6.45, 7) is 1.99. The number of nitrogens with zero attached hydrogens (tertiary/aromatic N) is 3. The molecule has 3 rings (SSSR count). The van der Waals surface area contributed by atoms with E-state index in [9.17, 15) is 0 Å². The maximum atomic E-state index is 5.99. The van der Waals surface area contributed by atoms with Gasteiger partial charge in [-0.15, -0.1) is 0 Å². The van der Waals surface area contributed by atoms with E-state index < -0.39 is 0 Å². The molecule has 0 saturated carbocycles. The second-order valence-electron chi connectivity index (χ2n) is 5.17. The van der Waals surface area contributed by atoms with Crippen LogP contribution in [0.2, 0.25) is 0 Å². The van der Waals surface area contributed by atoms with Crippen molar-refractivity contribution >= 4 is 38.5 Å². The van der Waals surface area contributed by atoms with E-state index in [4.69, 9.17) is 16.2 Å². The summed E-state index contributed by atoms with van der Waals surface area (Å²) in [5.74, 6) is 1.17. The van der Waals surface area contributed by atoms with E-state index in [0.29, 0.717) is 11.0 Å². The van der Waals surface area contributed by atoms with Crippen molar-refractivity contribution in [3.8, 4) is 5.75 Å². The van der Waals surface area contributed by atoms with Gasteiger partial charge in [0.25, 0.3) is 0 Å². The van der Waals surface area contributed by atoms with Crippen molar-refractivity contribution in [1.29, 1.82) is 0 Å². The average Bonchev–Trinajstić information content (AvgIpc) is 2.95. The molecule has 6 nitrogen and oxygen atoms in total. The number of thiazole rings is 1. The zero-order valence-corrected chi connectivity index (χ0v) is 14.2. The van der Waals surface area contributed by atoms with Gasteiger partial charge in [0.15, 0.2) is 0 Å². The molecular formula is C17H17N5OS. The topological polar surface area (TPSA) is 98.9 Å². The van der Waals surface area contributed by atoms with Crippen molar-refractivity contribution in [3.63, 3.8) is 0 Å². The van der Waals surface area contributed by atoms with Crippen LogP contribution in [0.3, 0.4) is 0 Å². The van der Waals surface area contributed by atoms with E-state index in [1.807, 2.05) is 49.4 Å². The second-order valence-corrected chi connectivity index (χ2v) is 6.18. The predicted octanol–water partition coefficient (Wildman–Crippen LogP) is 2.97. The Kier molecular flexibility index (Phi) is 4.43. The van der Waals surface area contributed by atoms with Gasteiger partial charge in [-0.3, -0.25) is 0 Å². The van der Waals surface area contributed by atoms with Gasteiger partial charge in [0.05, 0.1) is 17.3 Å². The Morgan fingerprint density at radius 2 is 2.00 bits per heavy atom. The molecule has 0 aliphatic heterocycles. The maximum absolute atomic E-state index is 5.99. The SMILES string of the molecule is COc1ccc2nc(N=C(N)N=C(N)c3cccc(C)c3)sc2c1. The zero-order valence-electron chi connectivity index (χ0n) is 13.4. The van der Waals surface area contributed by atoms with Crippen LogP contribution in [0, 0.1) is 6.92 Å². The summed E-state index contributed by atoms with van der Waals surface area (Å²) in [5.41, 5.74) is 14.6. The molecule has 24 heavy (non-hydrogen) atoms. The number of hydrogen-bond donors (Lipinski definition) is 2. The van der Waals surface area contributed by atoms with Crippen molar-refractivity contribution in [2.45, 2.75) is 6.92 Å². The fourth-order valence-corrected chi connectivity index (χ4v) is 3.06. The Labute approximate surface area is 143 Å². The molecular weight excluding hydrogens is 322 g/mol. The van der Waals surface area contributed by atoms with Crippen LogP contribution in [0.5, 0.6) is 5.75 Å². The number of aliphatic imine (C=N–C) groups is 2. The number of hydrogen-bond acceptors (Lipinski definition) is 4. The lowest BCUT2D eigenvalue weighted by Crippen LogP contribution is -2.19. The Morgan fingerprint density at radius 1 is 1.17 bits per heavy atom. The highest BCUT2D eigenvalue weighted by Gasteiger charge is 2.05. The number of rotatable bonds is 3. The molecule has 0 spiro atoms. The predicted molar refractivity (Wildman–Crippen MR) is 99.4 cm³/mol. The molecule has 3 aromatic rings. The van der Waals surface area contributed by atoms with E-state index in [0.717, 1.165) is 27.1 Å². The van der Waals surface area contributed by atoms with Crippen LogP contribution in [0.25, 0.3) is 10.2 Å². The number of amidine groups is 1. The van der Waals surface area contributed by atoms with Gasteiger partial charge in [-0.1, -0.05) is 35.1 Å². The first-order valence-electron chi connectivity index (χ1n) is 7.25. The zero-order chi connectivity index (χ0) is 17.1.